The first-order chi connectivity index (χ1) is 16.1. The Kier molecular flexibility index (Phi) is 8.05. The van der Waals surface area contributed by atoms with Crippen LogP contribution in [0.5, 0.6) is 0 Å². The van der Waals surface area contributed by atoms with Crippen molar-refractivity contribution in [1.29, 1.82) is 0 Å². The van der Waals surface area contributed by atoms with E-state index < -0.39 is 0 Å². The van der Waals surface area contributed by atoms with Gasteiger partial charge >= 0.3 is 0 Å². The fourth-order valence-electron chi connectivity index (χ4n) is 3.92. The van der Waals surface area contributed by atoms with Gasteiger partial charge in [-0.3, -0.25) is 14.6 Å². The molecule has 1 aliphatic rings. The minimum absolute atomic E-state index is 0.201. The van der Waals surface area contributed by atoms with Gasteiger partial charge in [0.25, 0.3) is 5.91 Å². The molecule has 33 heavy (non-hydrogen) atoms. The van der Waals surface area contributed by atoms with E-state index in [-0.39, 0.29) is 5.91 Å². The third kappa shape index (κ3) is 6.84. The number of amides is 1. The minimum Gasteiger partial charge on any atom is -0.297 e. The molecule has 1 N–H and O–H groups in total. The second-order valence-corrected chi connectivity index (χ2v) is 9.30. The lowest BCUT2D eigenvalue weighted by molar-refractivity contribution is 0.0954. The van der Waals surface area contributed by atoms with Crippen LogP contribution in [0.4, 0.5) is 0 Å². The molecule has 1 fully saturated rings. The summed E-state index contributed by atoms with van der Waals surface area (Å²) in [6.45, 7) is 8.06. The Morgan fingerprint density at radius 3 is 1.88 bits per heavy atom. The quantitative estimate of drug-likeness (QED) is 0.366. The number of piperazine rings is 1. The van der Waals surface area contributed by atoms with Crippen molar-refractivity contribution in [3.63, 3.8) is 0 Å². The van der Waals surface area contributed by atoms with Crippen molar-refractivity contribution in [2.45, 2.75) is 20.0 Å². The van der Waals surface area contributed by atoms with Crippen LogP contribution in [0.15, 0.2) is 88.4 Å². The SMILES string of the molecule is C/C(=N/NC(=O)c1ccc(CN2CCN(Cc3ccccc3)CC2)cc1)c1ccc(Br)cc1. The average Bonchev–Trinajstić information content (AvgIpc) is 2.85. The van der Waals surface area contributed by atoms with E-state index in [1.54, 1.807) is 0 Å². The normalized spacial score (nSPS) is 15.4. The molecule has 0 spiro atoms. The Morgan fingerprint density at radius 1 is 0.788 bits per heavy atom. The van der Waals surface area contributed by atoms with Crippen molar-refractivity contribution in [3.05, 3.63) is 106 Å². The summed E-state index contributed by atoms with van der Waals surface area (Å²) in [7, 11) is 0. The number of halogens is 1. The highest BCUT2D eigenvalue weighted by atomic mass is 79.9. The predicted octanol–water partition coefficient (Wildman–Crippen LogP) is 4.92. The molecule has 0 unspecified atom stereocenters. The largest absolute Gasteiger partial charge is 0.297 e. The monoisotopic (exact) mass is 504 g/mol. The first-order valence-corrected chi connectivity index (χ1v) is 12.0. The third-order valence-corrected chi connectivity index (χ3v) is 6.45. The van der Waals surface area contributed by atoms with Gasteiger partial charge in [-0.1, -0.05) is 70.5 Å². The van der Waals surface area contributed by atoms with Gasteiger partial charge in [0.15, 0.2) is 0 Å². The van der Waals surface area contributed by atoms with E-state index in [2.05, 4.69) is 66.6 Å². The van der Waals surface area contributed by atoms with Gasteiger partial charge < -0.3 is 0 Å². The molecule has 3 aromatic carbocycles. The van der Waals surface area contributed by atoms with E-state index in [9.17, 15) is 4.79 Å². The second-order valence-electron chi connectivity index (χ2n) is 8.38. The number of hydrogen-bond acceptors (Lipinski definition) is 4. The Balaban J connectivity index is 1.25. The molecule has 3 aromatic rings. The number of rotatable bonds is 7. The number of nitrogens with one attached hydrogen (secondary N) is 1. The van der Waals surface area contributed by atoms with E-state index in [0.717, 1.165) is 55.0 Å². The smallest absolute Gasteiger partial charge is 0.271 e. The Hall–Kier alpha value is -2.80. The molecule has 1 aliphatic heterocycles. The highest BCUT2D eigenvalue weighted by Crippen LogP contribution is 2.13. The van der Waals surface area contributed by atoms with Crippen LogP contribution >= 0.6 is 15.9 Å². The van der Waals surface area contributed by atoms with E-state index in [0.29, 0.717) is 5.56 Å². The number of carbonyl (C=O) groups is 1. The van der Waals surface area contributed by atoms with Crippen LogP contribution in [0.1, 0.15) is 34.0 Å². The molecule has 170 valence electrons. The maximum Gasteiger partial charge on any atom is 0.271 e. The van der Waals surface area contributed by atoms with Gasteiger partial charge in [0.2, 0.25) is 0 Å². The second kappa shape index (κ2) is 11.4. The fraction of sp³-hybridized carbons (Fsp3) is 0.259. The highest BCUT2D eigenvalue weighted by Gasteiger charge is 2.17. The van der Waals surface area contributed by atoms with Crippen LogP contribution in [0, 0.1) is 0 Å². The molecule has 0 saturated carbocycles. The number of carbonyl (C=O) groups excluding carboxylic acids is 1. The zero-order valence-corrected chi connectivity index (χ0v) is 20.5. The number of nitrogens with zero attached hydrogens (tertiary/aromatic N) is 3. The van der Waals surface area contributed by atoms with Gasteiger partial charge in [0, 0.05) is 49.3 Å². The van der Waals surface area contributed by atoms with Crippen LogP contribution in [-0.4, -0.2) is 47.6 Å². The maximum atomic E-state index is 12.5. The van der Waals surface area contributed by atoms with E-state index in [1.807, 2.05) is 55.5 Å². The van der Waals surface area contributed by atoms with Crippen LogP contribution in [-0.2, 0) is 13.1 Å². The number of benzene rings is 3. The molecule has 4 rings (SSSR count). The van der Waals surface area contributed by atoms with Gasteiger partial charge in [-0.15, -0.1) is 0 Å². The van der Waals surface area contributed by atoms with E-state index >= 15 is 0 Å². The van der Waals surface area contributed by atoms with E-state index in [4.69, 9.17) is 0 Å². The molecule has 0 aromatic heterocycles. The lowest BCUT2D eigenvalue weighted by atomic mass is 10.1. The number of hydrogen-bond donors (Lipinski definition) is 1. The van der Waals surface area contributed by atoms with Crippen LogP contribution in [0.2, 0.25) is 0 Å². The van der Waals surface area contributed by atoms with Gasteiger partial charge in [0.1, 0.15) is 0 Å². The first-order valence-electron chi connectivity index (χ1n) is 11.2. The standard InChI is InChI=1S/C27H29BrN4O/c1-21(24-11-13-26(28)14-12-24)29-30-27(33)25-9-7-23(8-10-25)20-32-17-15-31(16-18-32)19-22-5-3-2-4-6-22/h2-14H,15-20H2,1H3,(H,30,33)/b29-21-. The summed E-state index contributed by atoms with van der Waals surface area (Å²) in [5, 5.41) is 4.24. The number of hydrazone groups is 1. The van der Waals surface area contributed by atoms with Crippen LogP contribution in [0.3, 0.4) is 0 Å². The molecule has 0 radical (unpaired) electrons. The van der Waals surface area contributed by atoms with Gasteiger partial charge in [0.05, 0.1) is 5.71 Å². The average molecular weight is 505 g/mol. The molecule has 0 atom stereocenters. The topological polar surface area (TPSA) is 47.9 Å². The summed E-state index contributed by atoms with van der Waals surface area (Å²) in [5.41, 5.74) is 7.59. The molecular weight excluding hydrogens is 476 g/mol. The Bertz CT molecular complexity index is 1070. The molecule has 1 heterocycles. The van der Waals surface area contributed by atoms with Crippen molar-refractivity contribution in [2.75, 3.05) is 26.2 Å². The minimum atomic E-state index is -0.201. The summed E-state index contributed by atoms with van der Waals surface area (Å²) in [6.07, 6.45) is 0. The lowest BCUT2D eigenvalue weighted by Crippen LogP contribution is -2.45. The predicted molar refractivity (Wildman–Crippen MR) is 137 cm³/mol. The fourth-order valence-corrected chi connectivity index (χ4v) is 4.19. The maximum absolute atomic E-state index is 12.5. The van der Waals surface area contributed by atoms with Crippen molar-refractivity contribution < 1.29 is 4.79 Å². The van der Waals surface area contributed by atoms with Gasteiger partial charge in [-0.2, -0.15) is 5.10 Å². The molecule has 1 saturated heterocycles. The lowest BCUT2D eigenvalue weighted by Gasteiger charge is -2.34. The highest BCUT2D eigenvalue weighted by molar-refractivity contribution is 9.10. The summed E-state index contributed by atoms with van der Waals surface area (Å²) in [4.78, 5) is 17.5. The zero-order chi connectivity index (χ0) is 23.0. The van der Waals surface area contributed by atoms with Crippen molar-refractivity contribution in [2.24, 2.45) is 5.10 Å². The molecule has 1 amide bonds. The molecule has 0 bridgehead atoms. The van der Waals surface area contributed by atoms with Crippen LogP contribution < -0.4 is 5.43 Å². The van der Waals surface area contributed by atoms with Crippen LogP contribution in [0.25, 0.3) is 0 Å². The molecule has 6 heteroatoms. The van der Waals surface area contributed by atoms with Crippen molar-refractivity contribution in [1.82, 2.24) is 15.2 Å². The summed E-state index contributed by atoms with van der Waals surface area (Å²) >= 11 is 3.42. The molecular formula is C27H29BrN4O. The third-order valence-electron chi connectivity index (χ3n) is 5.92. The van der Waals surface area contributed by atoms with Gasteiger partial charge in [-0.05, 0) is 47.9 Å². The first kappa shape index (κ1) is 23.4. The summed E-state index contributed by atoms with van der Waals surface area (Å²) in [5.74, 6) is -0.201. The Morgan fingerprint density at radius 2 is 1.30 bits per heavy atom. The van der Waals surface area contributed by atoms with Crippen molar-refractivity contribution in [3.8, 4) is 0 Å². The van der Waals surface area contributed by atoms with Gasteiger partial charge in [-0.25, -0.2) is 5.43 Å². The van der Waals surface area contributed by atoms with E-state index in [1.165, 1.54) is 11.1 Å². The Labute approximate surface area is 204 Å². The van der Waals surface area contributed by atoms with Crippen molar-refractivity contribution >= 4 is 27.5 Å². The summed E-state index contributed by atoms with van der Waals surface area (Å²) in [6, 6.07) is 26.3. The molecule has 5 nitrogen and oxygen atoms in total. The zero-order valence-electron chi connectivity index (χ0n) is 18.9. The molecule has 0 aliphatic carbocycles. The summed E-state index contributed by atoms with van der Waals surface area (Å²) < 4.78 is 1.01.